The number of methoxy groups -OCH3 is 1. The van der Waals surface area contributed by atoms with Crippen LogP contribution in [0.2, 0.25) is 0 Å². The van der Waals surface area contributed by atoms with Crippen LogP contribution < -0.4 is 10.1 Å². The van der Waals surface area contributed by atoms with Crippen LogP contribution in [0.25, 0.3) is 22.2 Å². The number of H-pyrrole nitrogens is 1. The monoisotopic (exact) mass is 344 g/mol. The molecule has 0 bridgehead atoms. The maximum absolute atomic E-state index is 12.6. The highest BCUT2D eigenvalue weighted by atomic mass is 16.5. The molecule has 0 aliphatic carbocycles. The van der Waals surface area contributed by atoms with E-state index in [2.05, 4.69) is 20.5 Å². The quantitative estimate of drug-likeness (QED) is 0.589. The molecule has 1 amide bonds. The second kappa shape index (κ2) is 6.68. The van der Waals surface area contributed by atoms with Crippen LogP contribution in [0.1, 0.15) is 10.5 Å². The number of anilines is 1. The van der Waals surface area contributed by atoms with Crippen molar-refractivity contribution in [2.24, 2.45) is 0 Å². The number of carbonyl (C=O) groups excluding carboxylic acids is 1. The number of nitrogens with one attached hydrogen (secondary N) is 2. The van der Waals surface area contributed by atoms with Crippen LogP contribution in [-0.2, 0) is 0 Å². The molecule has 0 fully saturated rings. The van der Waals surface area contributed by atoms with Crippen LogP contribution >= 0.6 is 0 Å². The minimum atomic E-state index is -0.261. The van der Waals surface area contributed by atoms with Crippen molar-refractivity contribution < 1.29 is 9.53 Å². The van der Waals surface area contributed by atoms with E-state index in [1.54, 1.807) is 19.4 Å². The summed E-state index contributed by atoms with van der Waals surface area (Å²) >= 11 is 0. The van der Waals surface area contributed by atoms with Gasteiger partial charge in [-0.1, -0.05) is 18.2 Å². The fourth-order valence-electron chi connectivity index (χ4n) is 2.77. The van der Waals surface area contributed by atoms with Crippen molar-refractivity contribution in [3.05, 3.63) is 72.6 Å². The van der Waals surface area contributed by atoms with Gasteiger partial charge in [0.1, 0.15) is 11.4 Å². The standard InChI is InChI=1S/C20H16N4O2/c1-26-14-6-2-5-13(11-14)18-12-19(24-23-18)20(25)22-17-9-3-8-16-15(17)7-4-10-21-16/h2-12H,1H3,(H,22,25)(H,23,24). The van der Waals surface area contributed by atoms with E-state index in [1.807, 2.05) is 54.6 Å². The summed E-state index contributed by atoms with van der Waals surface area (Å²) in [6, 6.07) is 18.6. The molecule has 4 aromatic rings. The topological polar surface area (TPSA) is 79.9 Å². The first-order valence-corrected chi connectivity index (χ1v) is 8.09. The van der Waals surface area contributed by atoms with Crippen molar-refractivity contribution in [1.29, 1.82) is 0 Å². The zero-order valence-corrected chi connectivity index (χ0v) is 14.1. The third kappa shape index (κ3) is 3.00. The first-order chi connectivity index (χ1) is 12.7. The largest absolute Gasteiger partial charge is 0.497 e. The number of fused-ring (bicyclic) bond motifs is 1. The Bertz CT molecular complexity index is 1080. The highest BCUT2D eigenvalue weighted by Gasteiger charge is 2.13. The van der Waals surface area contributed by atoms with Gasteiger partial charge in [-0.25, -0.2) is 0 Å². The molecular formula is C20H16N4O2. The normalized spacial score (nSPS) is 10.7. The molecule has 6 nitrogen and oxygen atoms in total. The summed E-state index contributed by atoms with van der Waals surface area (Å²) in [5.74, 6) is 0.475. The molecule has 2 heterocycles. The number of pyridine rings is 1. The van der Waals surface area contributed by atoms with Crippen LogP contribution in [0.3, 0.4) is 0 Å². The number of hydrogen-bond donors (Lipinski definition) is 2. The lowest BCUT2D eigenvalue weighted by atomic mass is 10.1. The van der Waals surface area contributed by atoms with E-state index in [0.29, 0.717) is 17.1 Å². The highest BCUT2D eigenvalue weighted by molar-refractivity contribution is 6.08. The Morgan fingerprint density at radius 1 is 1.08 bits per heavy atom. The van der Waals surface area contributed by atoms with Gasteiger partial charge in [-0.2, -0.15) is 5.10 Å². The zero-order chi connectivity index (χ0) is 17.9. The maximum Gasteiger partial charge on any atom is 0.273 e. The summed E-state index contributed by atoms with van der Waals surface area (Å²) in [6.07, 6.45) is 1.73. The van der Waals surface area contributed by atoms with Gasteiger partial charge in [0.25, 0.3) is 5.91 Å². The maximum atomic E-state index is 12.6. The number of hydrogen-bond acceptors (Lipinski definition) is 4. The number of rotatable bonds is 4. The molecule has 26 heavy (non-hydrogen) atoms. The third-order valence-corrected chi connectivity index (χ3v) is 4.08. The van der Waals surface area contributed by atoms with E-state index in [1.165, 1.54) is 0 Å². The van der Waals surface area contributed by atoms with Crippen molar-refractivity contribution in [3.63, 3.8) is 0 Å². The summed E-state index contributed by atoms with van der Waals surface area (Å²) in [7, 11) is 1.61. The van der Waals surface area contributed by atoms with Crippen LogP contribution in [0, 0.1) is 0 Å². The molecule has 0 spiro atoms. The van der Waals surface area contributed by atoms with Crippen molar-refractivity contribution in [3.8, 4) is 17.0 Å². The van der Waals surface area contributed by atoms with E-state index in [0.717, 1.165) is 22.2 Å². The molecule has 0 radical (unpaired) electrons. The predicted octanol–water partition coefficient (Wildman–Crippen LogP) is 3.89. The van der Waals surface area contributed by atoms with Gasteiger partial charge in [0, 0.05) is 17.1 Å². The first kappa shape index (κ1) is 15.8. The molecule has 0 aliphatic heterocycles. The average molecular weight is 344 g/mol. The molecule has 0 saturated carbocycles. The Balaban J connectivity index is 1.60. The lowest BCUT2D eigenvalue weighted by Gasteiger charge is -2.06. The van der Waals surface area contributed by atoms with Crippen LogP contribution in [0.15, 0.2) is 66.9 Å². The molecule has 0 atom stereocenters. The number of ether oxygens (including phenoxy) is 1. The van der Waals surface area contributed by atoms with Gasteiger partial charge in [-0.3, -0.25) is 14.9 Å². The van der Waals surface area contributed by atoms with Crippen molar-refractivity contribution in [2.45, 2.75) is 0 Å². The fraction of sp³-hybridized carbons (Fsp3) is 0.0500. The lowest BCUT2D eigenvalue weighted by molar-refractivity contribution is 0.102. The Kier molecular flexibility index (Phi) is 4.07. The van der Waals surface area contributed by atoms with Gasteiger partial charge >= 0.3 is 0 Å². The van der Waals surface area contributed by atoms with Crippen LogP contribution in [0.4, 0.5) is 5.69 Å². The van der Waals surface area contributed by atoms with Crippen molar-refractivity contribution in [2.75, 3.05) is 12.4 Å². The summed E-state index contributed by atoms with van der Waals surface area (Å²) in [6.45, 7) is 0. The van der Waals surface area contributed by atoms with Gasteiger partial charge in [-0.05, 0) is 42.5 Å². The second-order valence-corrected chi connectivity index (χ2v) is 5.73. The molecule has 128 valence electrons. The van der Waals surface area contributed by atoms with E-state index in [4.69, 9.17) is 4.74 Å². The molecular weight excluding hydrogens is 328 g/mol. The highest BCUT2D eigenvalue weighted by Crippen LogP contribution is 2.24. The van der Waals surface area contributed by atoms with Crippen molar-refractivity contribution >= 4 is 22.5 Å². The molecule has 0 aliphatic rings. The number of nitrogens with zero attached hydrogens (tertiary/aromatic N) is 2. The van der Waals surface area contributed by atoms with Gasteiger partial charge in [0.2, 0.25) is 0 Å². The minimum Gasteiger partial charge on any atom is -0.497 e. The van der Waals surface area contributed by atoms with Gasteiger partial charge in [0.05, 0.1) is 24.0 Å². The first-order valence-electron chi connectivity index (χ1n) is 8.09. The van der Waals surface area contributed by atoms with Crippen LogP contribution in [-0.4, -0.2) is 28.2 Å². The van der Waals surface area contributed by atoms with E-state index < -0.39 is 0 Å². The van der Waals surface area contributed by atoms with Crippen LogP contribution in [0.5, 0.6) is 5.75 Å². The lowest BCUT2D eigenvalue weighted by Crippen LogP contribution is -2.12. The Labute approximate surface area is 149 Å². The molecule has 2 N–H and O–H groups in total. The average Bonchev–Trinajstić information content (AvgIpc) is 3.19. The van der Waals surface area contributed by atoms with Gasteiger partial charge < -0.3 is 10.1 Å². The third-order valence-electron chi connectivity index (χ3n) is 4.08. The smallest absolute Gasteiger partial charge is 0.273 e. The van der Waals surface area contributed by atoms with Gasteiger partial charge in [0.15, 0.2) is 0 Å². The zero-order valence-electron chi connectivity index (χ0n) is 14.1. The second-order valence-electron chi connectivity index (χ2n) is 5.73. The Hall–Kier alpha value is -3.67. The summed E-state index contributed by atoms with van der Waals surface area (Å²) in [4.78, 5) is 16.9. The molecule has 6 heteroatoms. The summed E-state index contributed by atoms with van der Waals surface area (Å²) in [5.41, 5.74) is 3.46. The summed E-state index contributed by atoms with van der Waals surface area (Å²) < 4.78 is 5.23. The SMILES string of the molecule is COc1cccc(-c2cc(C(=O)Nc3cccc4ncccc34)[nH]n2)c1. The number of benzene rings is 2. The number of amides is 1. The Morgan fingerprint density at radius 2 is 1.96 bits per heavy atom. The van der Waals surface area contributed by atoms with E-state index >= 15 is 0 Å². The molecule has 0 unspecified atom stereocenters. The Morgan fingerprint density at radius 3 is 2.85 bits per heavy atom. The van der Waals surface area contributed by atoms with E-state index in [-0.39, 0.29) is 5.91 Å². The summed E-state index contributed by atoms with van der Waals surface area (Å²) in [5, 5.41) is 10.8. The molecule has 2 aromatic heterocycles. The van der Waals surface area contributed by atoms with Gasteiger partial charge in [-0.15, -0.1) is 0 Å². The molecule has 4 rings (SSSR count). The van der Waals surface area contributed by atoms with E-state index in [9.17, 15) is 4.79 Å². The number of aromatic amines is 1. The fourth-order valence-corrected chi connectivity index (χ4v) is 2.77. The molecule has 2 aromatic carbocycles. The number of carbonyl (C=O) groups is 1. The predicted molar refractivity (Wildman–Crippen MR) is 100 cm³/mol. The minimum absolute atomic E-state index is 0.261. The van der Waals surface area contributed by atoms with Crippen molar-refractivity contribution in [1.82, 2.24) is 15.2 Å². The number of aromatic nitrogens is 3. The molecule has 0 saturated heterocycles.